The third-order valence-electron chi connectivity index (χ3n) is 4.43. The van der Waals surface area contributed by atoms with Crippen molar-refractivity contribution in [1.29, 1.82) is 0 Å². The van der Waals surface area contributed by atoms with Gasteiger partial charge < -0.3 is 23.8 Å². The SMILES string of the molecule is CCO/N=C(\COc1ccc(CC(OCC)C(=O)O)cc1)c1nnc(-c2ccc(Cl)cc2)o1. The van der Waals surface area contributed by atoms with Crippen LogP contribution in [0.4, 0.5) is 0 Å². The monoisotopic (exact) mass is 473 g/mol. The Morgan fingerprint density at radius 2 is 1.82 bits per heavy atom. The molecule has 9 nitrogen and oxygen atoms in total. The van der Waals surface area contributed by atoms with E-state index in [2.05, 4.69) is 15.4 Å². The van der Waals surface area contributed by atoms with Crippen LogP contribution in [0.25, 0.3) is 11.5 Å². The molecule has 0 aliphatic carbocycles. The summed E-state index contributed by atoms with van der Waals surface area (Å²) in [6, 6.07) is 14.1. The molecule has 0 aliphatic rings. The molecule has 0 fully saturated rings. The van der Waals surface area contributed by atoms with Crippen LogP contribution in [0.5, 0.6) is 5.75 Å². The number of carboxylic acids is 1. The van der Waals surface area contributed by atoms with Gasteiger partial charge in [-0.25, -0.2) is 4.79 Å². The predicted molar refractivity (Wildman–Crippen MR) is 122 cm³/mol. The highest BCUT2D eigenvalue weighted by molar-refractivity contribution is 6.30. The lowest BCUT2D eigenvalue weighted by molar-refractivity contribution is -0.149. The second-order valence-corrected chi connectivity index (χ2v) is 7.23. The van der Waals surface area contributed by atoms with E-state index in [0.29, 0.717) is 35.6 Å². The molecule has 33 heavy (non-hydrogen) atoms. The van der Waals surface area contributed by atoms with Crippen molar-refractivity contribution < 1.29 is 28.6 Å². The first kappa shape index (κ1) is 24.2. The van der Waals surface area contributed by atoms with Crippen molar-refractivity contribution in [3.63, 3.8) is 0 Å². The summed E-state index contributed by atoms with van der Waals surface area (Å²) in [6.07, 6.45) is -0.630. The van der Waals surface area contributed by atoms with E-state index in [1.54, 1.807) is 62.4 Å². The Labute approximate surface area is 195 Å². The van der Waals surface area contributed by atoms with Crippen LogP contribution in [-0.4, -0.2) is 52.9 Å². The average molecular weight is 474 g/mol. The van der Waals surface area contributed by atoms with Gasteiger partial charge in [-0.05, 0) is 55.8 Å². The van der Waals surface area contributed by atoms with Gasteiger partial charge in [0.25, 0.3) is 5.89 Å². The molecular weight excluding hydrogens is 450 g/mol. The number of carboxylic acid groups (broad SMARTS) is 1. The second-order valence-electron chi connectivity index (χ2n) is 6.79. The molecule has 0 saturated carbocycles. The zero-order valence-corrected chi connectivity index (χ0v) is 19.0. The van der Waals surface area contributed by atoms with Gasteiger partial charge in [-0.15, -0.1) is 10.2 Å². The molecule has 0 radical (unpaired) electrons. The summed E-state index contributed by atoms with van der Waals surface area (Å²) in [7, 11) is 0. The van der Waals surface area contributed by atoms with Crippen LogP contribution in [-0.2, 0) is 20.8 Å². The minimum Gasteiger partial charge on any atom is -0.487 e. The lowest BCUT2D eigenvalue weighted by Crippen LogP contribution is -2.26. The molecule has 174 valence electrons. The minimum absolute atomic E-state index is 0.0261. The molecule has 3 aromatic rings. The van der Waals surface area contributed by atoms with E-state index in [4.69, 9.17) is 30.3 Å². The van der Waals surface area contributed by atoms with Crippen molar-refractivity contribution in [2.45, 2.75) is 26.4 Å². The van der Waals surface area contributed by atoms with E-state index >= 15 is 0 Å². The average Bonchev–Trinajstić information content (AvgIpc) is 3.30. The number of hydrogen-bond acceptors (Lipinski definition) is 8. The van der Waals surface area contributed by atoms with E-state index in [0.717, 1.165) is 11.1 Å². The van der Waals surface area contributed by atoms with Gasteiger partial charge in [0.1, 0.15) is 19.0 Å². The lowest BCUT2D eigenvalue weighted by atomic mass is 10.1. The highest BCUT2D eigenvalue weighted by Gasteiger charge is 2.19. The molecular formula is C23H24ClN3O6. The summed E-state index contributed by atoms with van der Waals surface area (Å²) < 4.78 is 16.8. The normalized spacial score (nSPS) is 12.4. The number of nitrogens with zero attached hydrogens (tertiary/aromatic N) is 3. The fourth-order valence-corrected chi connectivity index (χ4v) is 2.95. The second kappa shape index (κ2) is 12.0. The Hall–Kier alpha value is -3.43. The van der Waals surface area contributed by atoms with Crippen LogP contribution >= 0.6 is 11.6 Å². The fraction of sp³-hybridized carbons (Fsp3) is 0.304. The smallest absolute Gasteiger partial charge is 0.333 e. The minimum atomic E-state index is -0.994. The molecule has 1 heterocycles. The number of halogens is 1. The lowest BCUT2D eigenvalue weighted by Gasteiger charge is -2.13. The van der Waals surface area contributed by atoms with Crippen LogP contribution in [0, 0.1) is 0 Å². The van der Waals surface area contributed by atoms with Crippen LogP contribution in [0.2, 0.25) is 5.02 Å². The van der Waals surface area contributed by atoms with Crippen LogP contribution in [0.3, 0.4) is 0 Å². The van der Waals surface area contributed by atoms with Gasteiger partial charge >= 0.3 is 5.97 Å². The maximum absolute atomic E-state index is 11.3. The first-order valence-electron chi connectivity index (χ1n) is 10.3. The molecule has 3 rings (SSSR count). The van der Waals surface area contributed by atoms with Crippen molar-refractivity contribution in [2.24, 2.45) is 5.16 Å². The third kappa shape index (κ3) is 7.03. The van der Waals surface area contributed by atoms with Gasteiger partial charge in [-0.2, -0.15) is 0 Å². The standard InChI is InChI=1S/C23H24ClN3O6/c1-3-30-20(23(28)29)13-15-5-11-18(12-6-15)31-14-19(27-32-4-2)22-26-25-21(33-22)16-7-9-17(24)10-8-16/h5-12,20H,3-4,13-14H2,1-2H3,(H,28,29)/b27-19+. The topological polar surface area (TPSA) is 116 Å². The summed E-state index contributed by atoms with van der Waals surface area (Å²) in [6.45, 7) is 4.28. The van der Waals surface area contributed by atoms with Crippen molar-refractivity contribution in [3.8, 4) is 17.2 Å². The first-order valence-corrected chi connectivity index (χ1v) is 10.7. The molecule has 1 unspecified atom stereocenters. The molecule has 0 amide bonds. The molecule has 0 bridgehead atoms. The Morgan fingerprint density at radius 3 is 2.45 bits per heavy atom. The van der Waals surface area contributed by atoms with Gasteiger partial charge in [-0.3, -0.25) is 0 Å². The third-order valence-corrected chi connectivity index (χ3v) is 4.68. The van der Waals surface area contributed by atoms with E-state index in [9.17, 15) is 9.90 Å². The number of rotatable bonds is 12. The van der Waals surface area contributed by atoms with Crippen LogP contribution < -0.4 is 4.74 Å². The predicted octanol–water partition coefficient (Wildman–Crippen LogP) is 4.24. The van der Waals surface area contributed by atoms with E-state index < -0.39 is 12.1 Å². The summed E-state index contributed by atoms with van der Waals surface area (Å²) in [5.74, 6) is 0.0543. The molecule has 10 heteroatoms. The quantitative estimate of drug-likeness (QED) is 0.306. The molecule has 0 aliphatic heterocycles. The number of carbonyl (C=O) groups is 1. The van der Waals surface area contributed by atoms with E-state index in [1.807, 2.05) is 0 Å². The number of oxime groups is 1. The first-order chi connectivity index (χ1) is 16.0. The molecule has 1 atom stereocenters. The Morgan fingerprint density at radius 1 is 1.09 bits per heavy atom. The van der Waals surface area contributed by atoms with Crippen molar-refractivity contribution in [3.05, 3.63) is 65.0 Å². The maximum atomic E-state index is 11.3. The largest absolute Gasteiger partial charge is 0.487 e. The number of benzene rings is 2. The number of ether oxygens (including phenoxy) is 2. The Balaban J connectivity index is 1.67. The van der Waals surface area contributed by atoms with Crippen LogP contribution in [0.15, 0.2) is 58.1 Å². The summed E-state index contributed by atoms with van der Waals surface area (Å²) in [5.41, 5.74) is 1.86. The van der Waals surface area contributed by atoms with Crippen molar-refractivity contribution >= 4 is 23.3 Å². The van der Waals surface area contributed by atoms with E-state index in [-0.39, 0.29) is 18.9 Å². The van der Waals surface area contributed by atoms with Crippen molar-refractivity contribution in [2.75, 3.05) is 19.8 Å². The maximum Gasteiger partial charge on any atom is 0.333 e. The molecule has 0 spiro atoms. The molecule has 1 N–H and O–H groups in total. The van der Waals surface area contributed by atoms with Gasteiger partial charge in [0.05, 0.1) is 0 Å². The summed E-state index contributed by atoms with van der Waals surface area (Å²) >= 11 is 5.92. The number of aliphatic carboxylic acids is 1. The number of aromatic nitrogens is 2. The van der Waals surface area contributed by atoms with Gasteiger partial charge in [-0.1, -0.05) is 28.9 Å². The number of hydrogen-bond donors (Lipinski definition) is 1. The van der Waals surface area contributed by atoms with Gasteiger partial charge in [0.2, 0.25) is 5.89 Å². The van der Waals surface area contributed by atoms with Gasteiger partial charge in [0.15, 0.2) is 11.8 Å². The molecule has 0 saturated heterocycles. The van der Waals surface area contributed by atoms with E-state index in [1.165, 1.54) is 0 Å². The van der Waals surface area contributed by atoms with Crippen LogP contribution in [0.1, 0.15) is 25.3 Å². The van der Waals surface area contributed by atoms with Gasteiger partial charge in [0, 0.05) is 23.6 Å². The van der Waals surface area contributed by atoms with Crippen molar-refractivity contribution in [1.82, 2.24) is 10.2 Å². The summed E-state index contributed by atoms with van der Waals surface area (Å²) in [4.78, 5) is 16.4. The molecule has 2 aromatic carbocycles. The zero-order valence-electron chi connectivity index (χ0n) is 18.2. The Bertz CT molecular complexity index is 1070. The zero-order chi connectivity index (χ0) is 23.6. The fourth-order valence-electron chi connectivity index (χ4n) is 2.82. The highest BCUT2D eigenvalue weighted by Crippen LogP contribution is 2.21. The molecule has 1 aromatic heterocycles. The highest BCUT2D eigenvalue weighted by atomic mass is 35.5. The summed E-state index contributed by atoms with van der Waals surface area (Å²) in [5, 5.41) is 22.0. The Kier molecular flexibility index (Phi) is 8.79.